The number of rotatable bonds is 5. The summed E-state index contributed by atoms with van der Waals surface area (Å²) in [5, 5.41) is 2.48. The van der Waals surface area contributed by atoms with Crippen molar-refractivity contribution in [2.75, 3.05) is 0 Å². The van der Waals surface area contributed by atoms with Gasteiger partial charge >= 0.3 is 0 Å². The predicted molar refractivity (Wildman–Crippen MR) is 266 cm³/mol. The van der Waals surface area contributed by atoms with Crippen LogP contribution in [0.2, 0.25) is 0 Å². The highest BCUT2D eigenvalue weighted by molar-refractivity contribution is 9.10. The number of fused-ring (bicyclic) bond motifs is 11. The molecule has 4 aromatic carbocycles. The molecule has 0 aliphatic carbocycles. The molecular weight excluding hydrogens is 823 g/mol. The third-order valence-corrected chi connectivity index (χ3v) is 13.2. The van der Waals surface area contributed by atoms with E-state index < -0.39 is 0 Å². The Morgan fingerprint density at radius 1 is 0.532 bits per heavy atom. The van der Waals surface area contributed by atoms with Crippen molar-refractivity contribution < 1.29 is 0 Å². The van der Waals surface area contributed by atoms with E-state index in [1.807, 2.05) is 0 Å². The van der Waals surface area contributed by atoms with Crippen molar-refractivity contribution in [3.05, 3.63) is 163 Å². The Balaban J connectivity index is 1.30. The van der Waals surface area contributed by atoms with Gasteiger partial charge in [0, 0.05) is 56.1 Å². The van der Waals surface area contributed by atoms with Crippen molar-refractivity contribution in [3.8, 4) is 34.1 Å². The van der Waals surface area contributed by atoms with E-state index in [1.54, 1.807) is 0 Å². The van der Waals surface area contributed by atoms with E-state index in [-0.39, 0.29) is 0 Å². The minimum absolute atomic E-state index is 0.781. The van der Waals surface area contributed by atoms with Crippen molar-refractivity contribution in [2.24, 2.45) is 0 Å². The maximum absolute atomic E-state index is 5.46. The fourth-order valence-corrected chi connectivity index (χ4v) is 10.3. The lowest BCUT2D eigenvalue weighted by Crippen LogP contribution is -1.96. The van der Waals surface area contributed by atoms with E-state index in [1.165, 1.54) is 66.3 Å². The first-order valence-corrected chi connectivity index (χ1v) is 22.4. The van der Waals surface area contributed by atoms with E-state index in [0.717, 1.165) is 91.0 Å². The molecule has 304 valence electrons. The van der Waals surface area contributed by atoms with E-state index in [0.29, 0.717) is 0 Å². The fourth-order valence-electron chi connectivity index (χ4n) is 9.80. The SMILES string of the molecule is CCCCn1c2ccccc2c2cc(C#Cc3c4nc(c(-c5c(C)cc(C)cc5C)c5ccc([nH]5)c(Br)c5ccc([nH]5)c(-c5c(C)cc(C)cc5C)c5nc3C=C5)C=C4)ccc21. The van der Waals surface area contributed by atoms with Crippen molar-refractivity contribution in [2.45, 2.75) is 67.9 Å². The second kappa shape index (κ2) is 15.7. The number of aromatic amines is 2. The molecule has 5 nitrogen and oxygen atoms in total. The topological polar surface area (TPSA) is 62.3 Å². The third kappa shape index (κ3) is 6.82. The molecule has 0 spiro atoms. The number of nitrogens with one attached hydrogen (secondary N) is 2. The number of H-pyrrole nitrogens is 2. The Labute approximate surface area is 371 Å². The Hall–Kier alpha value is -6.68. The van der Waals surface area contributed by atoms with Crippen LogP contribution in [0.5, 0.6) is 0 Å². The standard InChI is InChI=1S/C56H48BrN5/c1-8-9-26-62-50-13-11-10-12-39(50)41-31-38(15-25-51(41)62)14-16-40-42-17-19-44(58-42)54(52-34(4)27-32(2)28-35(52)5)46-21-23-48(60-46)56(57)49-24-22-47(61-49)55(45-20-18-43(40)59-45)53-36(6)29-33(3)30-37(53)7/h10-13,15,17-25,27-31,60-61H,8-9,26H2,1-7H3. The molecule has 0 amide bonds. The minimum Gasteiger partial charge on any atom is -0.354 e. The smallest absolute Gasteiger partial charge is 0.0816 e. The van der Waals surface area contributed by atoms with Gasteiger partial charge in [-0.05, 0) is 170 Å². The number of halogens is 1. The summed E-state index contributed by atoms with van der Waals surface area (Å²) in [6.45, 7) is 16.3. The summed E-state index contributed by atoms with van der Waals surface area (Å²) in [5.74, 6) is 7.26. The predicted octanol–water partition coefficient (Wildman–Crippen LogP) is 14.9. The Morgan fingerprint density at radius 2 is 1.03 bits per heavy atom. The highest BCUT2D eigenvalue weighted by Crippen LogP contribution is 2.39. The monoisotopic (exact) mass is 869 g/mol. The molecule has 0 radical (unpaired) electrons. The Morgan fingerprint density at radius 3 is 1.58 bits per heavy atom. The molecule has 0 saturated carbocycles. The molecule has 0 unspecified atom stereocenters. The van der Waals surface area contributed by atoms with Gasteiger partial charge in [0.1, 0.15) is 0 Å². The molecule has 2 N–H and O–H groups in total. The van der Waals surface area contributed by atoms with Gasteiger partial charge in [0.2, 0.25) is 0 Å². The number of hydrogen-bond donors (Lipinski definition) is 2. The zero-order valence-electron chi connectivity index (χ0n) is 36.3. The summed E-state index contributed by atoms with van der Waals surface area (Å²) in [7, 11) is 0. The first-order valence-electron chi connectivity index (χ1n) is 21.6. The minimum atomic E-state index is 0.781. The number of hydrogen-bond acceptors (Lipinski definition) is 2. The van der Waals surface area contributed by atoms with Gasteiger partial charge in [-0.3, -0.25) is 0 Å². The highest BCUT2D eigenvalue weighted by Gasteiger charge is 2.21. The first-order chi connectivity index (χ1) is 30.1. The molecule has 0 fully saturated rings. The van der Waals surface area contributed by atoms with Crippen LogP contribution in [-0.4, -0.2) is 24.5 Å². The van der Waals surface area contributed by atoms with Crippen molar-refractivity contribution in [1.29, 1.82) is 0 Å². The molecule has 8 bridgehead atoms. The van der Waals surface area contributed by atoms with Crippen molar-refractivity contribution >= 4 is 84.1 Å². The van der Waals surface area contributed by atoms with Crippen LogP contribution in [0.1, 0.15) is 87.0 Å². The van der Waals surface area contributed by atoms with Gasteiger partial charge in [-0.2, -0.15) is 0 Å². The first kappa shape index (κ1) is 39.5. The van der Waals surface area contributed by atoms with Crippen LogP contribution >= 0.6 is 15.9 Å². The van der Waals surface area contributed by atoms with Crippen LogP contribution in [0.25, 0.3) is 90.4 Å². The summed E-state index contributed by atoms with van der Waals surface area (Å²) in [5.41, 5.74) is 23.2. The Bertz CT molecular complexity index is 3280. The molecule has 0 atom stereocenters. The van der Waals surface area contributed by atoms with Gasteiger partial charge in [0.05, 0.1) is 43.8 Å². The molecule has 6 heterocycles. The lowest BCUT2D eigenvalue weighted by Gasteiger charge is -2.13. The average Bonchev–Trinajstić information content (AvgIpc) is 4.11. The van der Waals surface area contributed by atoms with Crippen LogP contribution in [-0.2, 0) is 6.54 Å². The number of para-hydroxylation sites is 1. The lowest BCUT2D eigenvalue weighted by atomic mass is 9.92. The maximum Gasteiger partial charge on any atom is 0.0816 e. The maximum atomic E-state index is 5.46. The molecule has 6 heteroatoms. The summed E-state index contributed by atoms with van der Waals surface area (Å²) >= 11 is 3.99. The molecule has 62 heavy (non-hydrogen) atoms. The molecule has 0 saturated heterocycles. The summed E-state index contributed by atoms with van der Waals surface area (Å²) in [6.07, 6.45) is 10.8. The molecular formula is C56H48BrN5. The zero-order valence-corrected chi connectivity index (χ0v) is 37.9. The second-order valence-corrected chi connectivity index (χ2v) is 17.8. The van der Waals surface area contributed by atoms with Gasteiger partial charge in [0.15, 0.2) is 0 Å². The third-order valence-electron chi connectivity index (χ3n) is 12.4. The lowest BCUT2D eigenvalue weighted by molar-refractivity contribution is 0.665. The van der Waals surface area contributed by atoms with Gasteiger partial charge in [-0.15, -0.1) is 0 Å². The van der Waals surface area contributed by atoms with Crippen LogP contribution in [0.3, 0.4) is 0 Å². The number of aryl methyl sites for hydroxylation is 7. The van der Waals surface area contributed by atoms with Crippen LogP contribution < -0.4 is 0 Å². The van der Waals surface area contributed by atoms with Gasteiger partial charge < -0.3 is 14.5 Å². The van der Waals surface area contributed by atoms with Crippen LogP contribution in [0.15, 0.2) is 95.5 Å². The van der Waals surface area contributed by atoms with Gasteiger partial charge in [0.25, 0.3) is 0 Å². The number of benzene rings is 4. The number of unbranched alkanes of at least 4 members (excludes halogenated alkanes) is 1. The normalized spacial score (nSPS) is 12.1. The number of nitrogens with zero attached hydrogens (tertiary/aromatic N) is 3. The van der Waals surface area contributed by atoms with E-state index in [2.05, 4.69) is 206 Å². The van der Waals surface area contributed by atoms with Crippen molar-refractivity contribution in [3.63, 3.8) is 0 Å². The largest absolute Gasteiger partial charge is 0.354 e. The van der Waals surface area contributed by atoms with Gasteiger partial charge in [-0.1, -0.05) is 78.8 Å². The van der Waals surface area contributed by atoms with Crippen LogP contribution in [0.4, 0.5) is 0 Å². The summed E-state index contributed by atoms with van der Waals surface area (Å²) < 4.78 is 3.40. The summed E-state index contributed by atoms with van der Waals surface area (Å²) in [6, 6.07) is 33.0. The molecule has 2 aliphatic rings. The van der Waals surface area contributed by atoms with Crippen molar-refractivity contribution in [1.82, 2.24) is 24.5 Å². The molecule has 8 aromatic rings. The number of aromatic nitrogens is 5. The molecule has 10 rings (SSSR count). The second-order valence-electron chi connectivity index (χ2n) is 17.0. The molecule has 2 aliphatic heterocycles. The zero-order chi connectivity index (χ0) is 42.8. The Kier molecular flexibility index (Phi) is 9.96. The van der Waals surface area contributed by atoms with E-state index in [9.17, 15) is 0 Å². The molecule has 4 aromatic heterocycles. The van der Waals surface area contributed by atoms with E-state index in [4.69, 9.17) is 9.97 Å². The quantitative estimate of drug-likeness (QED) is 0.169. The van der Waals surface area contributed by atoms with Crippen LogP contribution in [0, 0.1) is 53.4 Å². The average molecular weight is 871 g/mol. The van der Waals surface area contributed by atoms with E-state index >= 15 is 0 Å². The van der Waals surface area contributed by atoms with Gasteiger partial charge in [-0.25, -0.2) is 9.97 Å². The summed E-state index contributed by atoms with van der Waals surface area (Å²) in [4.78, 5) is 18.5. The highest BCUT2D eigenvalue weighted by atomic mass is 79.9. The fraction of sp³-hybridized carbons (Fsp3) is 0.179.